The van der Waals surface area contributed by atoms with Crippen LogP contribution in [0.15, 0.2) is 28.1 Å². The third-order valence-corrected chi connectivity index (χ3v) is 4.60. The molecule has 0 aliphatic carbocycles. The first-order valence-electron chi connectivity index (χ1n) is 5.47. The molecule has 4 heteroatoms. The summed E-state index contributed by atoms with van der Waals surface area (Å²) in [6, 6.07) is 6.60. The Labute approximate surface area is 114 Å². The van der Waals surface area contributed by atoms with Gasteiger partial charge in [-0.2, -0.15) is 0 Å². The Hall–Kier alpha value is -0.710. The topological polar surface area (TPSA) is 24.9 Å². The van der Waals surface area contributed by atoms with Crippen LogP contribution in [0.3, 0.4) is 0 Å². The largest absolute Gasteiger partial charge is 0.307 e. The summed E-state index contributed by atoms with van der Waals surface area (Å²) in [5, 5.41) is 6.53. The lowest BCUT2D eigenvalue weighted by Gasteiger charge is -2.15. The number of aromatic nitrogens is 1. The number of hydrogen-bond acceptors (Lipinski definition) is 3. The van der Waals surface area contributed by atoms with Gasteiger partial charge in [0.2, 0.25) is 0 Å². The Balaban J connectivity index is 2.38. The highest BCUT2D eigenvalue weighted by Crippen LogP contribution is 2.27. The fraction of sp³-hybridized carbons (Fsp3) is 0.308. The molecule has 1 atom stereocenters. The third kappa shape index (κ3) is 2.76. The SMILES string of the molecule is CNC(c1ccc(Br)c(C)c1)c1nc(C)cs1. The van der Waals surface area contributed by atoms with Crippen LogP contribution in [0.25, 0.3) is 0 Å². The van der Waals surface area contributed by atoms with Crippen LogP contribution in [-0.2, 0) is 0 Å². The number of halogens is 1. The van der Waals surface area contributed by atoms with E-state index < -0.39 is 0 Å². The third-order valence-electron chi connectivity index (χ3n) is 2.69. The van der Waals surface area contributed by atoms with Crippen molar-refractivity contribution in [1.82, 2.24) is 10.3 Å². The van der Waals surface area contributed by atoms with E-state index in [0.29, 0.717) is 0 Å². The van der Waals surface area contributed by atoms with Crippen LogP contribution in [0, 0.1) is 13.8 Å². The molecule has 0 spiro atoms. The first-order chi connectivity index (χ1) is 8.11. The summed E-state index contributed by atoms with van der Waals surface area (Å²) < 4.78 is 1.14. The molecule has 17 heavy (non-hydrogen) atoms. The summed E-state index contributed by atoms with van der Waals surface area (Å²) in [6.07, 6.45) is 0. The fourth-order valence-electron chi connectivity index (χ4n) is 1.78. The molecule has 0 fully saturated rings. The predicted molar refractivity (Wildman–Crippen MR) is 76.6 cm³/mol. The van der Waals surface area contributed by atoms with Crippen LogP contribution in [0.2, 0.25) is 0 Å². The van der Waals surface area contributed by atoms with Gasteiger partial charge in [-0.1, -0.05) is 28.1 Å². The van der Waals surface area contributed by atoms with Gasteiger partial charge in [0, 0.05) is 15.5 Å². The van der Waals surface area contributed by atoms with Gasteiger partial charge in [0.1, 0.15) is 5.01 Å². The van der Waals surface area contributed by atoms with Crippen LogP contribution in [0.1, 0.15) is 27.9 Å². The minimum atomic E-state index is 0.181. The lowest BCUT2D eigenvalue weighted by atomic mass is 10.1. The number of aryl methyl sites for hydroxylation is 2. The number of benzene rings is 1. The Morgan fingerprint density at radius 3 is 2.65 bits per heavy atom. The zero-order valence-corrected chi connectivity index (χ0v) is 12.5. The molecule has 1 unspecified atom stereocenters. The quantitative estimate of drug-likeness (QED) is 0.932. The van der Waals surface area contributed by atoms with E-state index in [1.165, 1.54) is 11.1 Å². The summed E-state index contributed by atoms with van der Waals surface area (Å²) >= 11 is 5.23. The molecule has 0 saturated heterocycles. The van der Waals surface area contributed by atoms with Gasteiger partial charge in [-0.25, -0.2) is 4.98 Å². The van der Waals surface area contributed by atoms with Crippen molar-refractivity contribution >= 4 is 27.3 Å². The van der Waals surface area contributed by atoms with Crippen molar-refractivity contribution in [2.75, 3.05) is 7.05 Å². The number of nitrogens with one attached hydrogen (secondary N) is 1. The van der Waals surface area contributed by atoms with Crippen molar-refractivity contribution in [2.24, 2.45) is 0 Å². The molecule has 0 radical (unpaired) electrons. The van der Waals surface area contributed by atoms with E-state index >= 15 is 0 Å². The van der Waals surface area contributed by atoms with Crippen LogP contribution in [-0.4, -0.2) is 12.0 Å². The summed E-state index contributed by atoms with van der Waals surface area (Å²) in [4.78, 5) is 4.55. The molecule has 0 amide bonds. The molecule has 0 bridgehead atoms. The number of hydrogen-bond donors (Lipinski definition) is 1. The Morgan fingerprint density at radius 2 is 2.12 bits per heavy atom. The second-order valence-corrected chi connectivity index (χ2v) is 5.80. The van der Waals surface area contributed by atoms with Gasteiger partial charge in [-0.05, 0) is 38.1 Å². The normalized spacial score (nSPS) is 12.7. The predicted octanol–water partition coefficient (Wildman–Crippen LogP) is 3.83. The van der Waals surface area contributed by atoms with Crippen molar-refractivity contribution in [3.8, 4) is 0 Å². The van der Waals surface area contributed by atoms with Crippen molar-refractivity contribution in [1.29, 1.82) is 0 Å². The fourth-order valence-corrected chi connectivity index (χ4v) is 2.96. The van der Waals surface area contributed by atoms with Crippen LogP contribution >= 0.6 is 27.3 Å². The number of rotatable bonds is 3. The molecule has 2 nitrogen and oxygen atoms in total. The van der Waals surface area contributed by atoms with E-state index in [1.807, 2.05) is 14.0 Å². The molecule has 2 aromatic rings. The molecule has 0 aliphatic rings. The molecule has 90 valence electrons. The zero-order chi connectivity index (χ0) is 12.4. The minimum Gasteiger partial charge on any atom is -0.307 e. The monoisotopic (exact) mass is 310 g/mol. The van der Waals surface area contributed by atoms with Gasteiger partial charge < -0.3 is 5.32 Å². The standard InChI is InChI=1S/C13H15BrN2S/c1-8-6-10(4-5-11(8)14)12(15-3)13-16-9(2)7-17-13/h4-7,12,15H,1-3H3. The van der Waals surface area contributed by atoms with Crippen molar-refractivity contribution < 1.29 is 0 Å². The van der Waals surface area contributed by atoms with E-state index in [2.05, 4.69) is 56.7 Å². The smallest absolute Gasteiger partial charge is 0.114 e. The van der Waals surface area contributed by atoms with Crippen LogP contribution < -0.4 is 5.32 Å². The first-order valence-corrected chi connectivity index (χ1v) is 7.14. The van der Waals surface area contributed by atoms with Crippen molar-refractivity contribution in [2.45, 2.75) is 19.9 Å². The Morgan fingerprint density at radius 1 is 1.35 bits per heavy atom. The maximum Gasteiger partial charge on any atom is 0.114 e. The van der Waals surface area contributed by atoms with Gasteiger partial charge in [0.05, 0.1) is 6.04 Å². The highest BCUT2D eigenvalue weighted by molar-refractivity contribution is 9.10. The van der Waals surface area contributed by atoms with Gasteiger partial charge >= 0.3 is 0 Å². The summed E-state index contributed by atoms with van der Waals surface area (Å²) in [6.45, 7) is 4.13. The first kappa shape index (κ1) is 12.7. The highest BCUT2D eigenvalue weighted by Gasteiger charge is 2.15. The average Bonchev–Trinajstić information content (AvgIpc) is 2.71. The maximum atomic E-state index is 4.55. The second kappa shape index (κ2) is 5.29. The Kier molecular flexibility index (Phi) is 3.97. The summed E-state index contributed by atoms with van der Waals surface area (Å²) in [7, 11) is 1.97. The van der Waals surface area contributed by atoms with E-state index in [1.54, 1.807) is 11.3 Å². The van der Waals surface area contributed by atoms with Gasteiger partial charge in [0.15, 0.2) is 0 Å². The highest BCUT2D eigenvalue weighted by atomic mass is 79.9. The Bertz CT molecular complexity index is 522. The molecule has 0 saturated carbocycles. The van der Waals surface area contributed by atoms with Crippen molar-refractivity contribution in [3.05, 3.63) is 49.9 Å². The molecule has 1 aromatic carbocycles. The van der Waals surface area contributed by atoms with Crippen molar-refractivity contribution in [3.63, 3.8) is 0 Å². The van der Waals surface area contributed by atoms with Crippen LogP contribution in [0.4, 0.5) is 0 Å². The van der Waals surface area contributed by atoms with E-state index in [4.69, 9.17) is 0 Å². The molecule has 1 aromatic heterocycles. The maximum absolute atomic E-state index is 4.55. The molecule has 1 N–H and O–H groups in total. The minimum absolute atomic E-state index is 0.181. The zero-order valence-electron chi connectivity index (χ0n) is 10.1. The summed E-state index contributed by atoms with van der Waals surface area (Å²) in [5.41, 5.74) is 3.58. The van der Waals surface area contributed by atoms with Crippen LogP contribution in [0.5, 0.6) is 0 Å². The molecule has 2 rings (SSSR count). The van der Waals surface area contributed by atoms with E-state index in [9.17, 15) is 0 Å². The second-order valence-electron chi connectivity index (χ2n) is 4.06. The lowest BCUT2D eigenvalue weighted by Crippen LogP contribution is -2.17. The van der Waals surface area contributed by atoms with Gasteiger partial charge in [-0.3, -0.25) is 0 Å². The van der Waals surface area contributed by atoms with Gasteiger partial charge in [0.25, 0.3) is 0 Å². The lowest BCUT2D eigenvalue weighted by molar-refractivity contribution is 0.684. The average molecular weight is 311 g/mol. The molecular weight excluding hydrogens is 296 g/mol. The number of thiazole rings is 1. The molecular formula is C13H15BrN2S. The molecule has 0 aliphatic heterocycles. The van der Waals surface area contributed by atoms with E-state index in [-0.39, 0.29) is 6.04 Å². The van der Waals surface area contributed by atoms with Gasteiger partial charge in [-0.15, -0.1) is 11.3 Å². The summed E-state index contributed by atoms with van der Waals surface area (Å²) in [5.74, 6) is 0. The molecule has 1 heterocycles. The van der Waals surface area contributed by atoms with E-state index in [0.717, 1.165) is 15.2 Å². The number of nitrogens with zero attached hydrogens (tertiary/aromatic N) is 1.